The first-order valence-corrected chi connectivity index (χ1v) is 8.43. The van der Waals surface area contributed by atoms with Crippen molar-refractivity contribution in [1.82, 2.24) is 4.90 Å². The van der Waals surface area contributed by atoms with E-state index in [4.69, 9.17) is 4.74 Å². The lowest BCUT2D eigenvalue weighted by atomic mass is 10.2. The van der Waals surface area contributed by atoms with Crippen molar-refractivity contribution < 1.29 is 19.1 Å². The fourth-order valence-electron chi connectivity index (χ4n) is 2.99. The second-order valence-corrected chi connectivity index (χ2v) is 7.39. The fourth-order valence-corrected chi connectivity index (χ4v) is 4.41. The van der Waals surface area contributed by atoms with Crippen LogP contribution in [0.2, 0.25) is 0 Å². The van der Waals surface area contributed by atoms with Crippen LogP contribution < -0.4 is 10.1 Å². The molecule has 122 valence electrons. The highest BCUT2D eigenvalue weighted by Crippen LogP contribution is 2.47. The van der Waals surface area contributed by atoms with Gasteiger partial charge in [-0.25, -0.2) is 4.79 Å². The molecule has 2 unspecified atom stereocenters. The maximum absolute atomic E-state index is 12.4. The van der Waals surface area contributed by atoms with Crippen LogP contribution in [0.1, 0.15) is 26.7 Å². The second kappa shape index (κ2) is 5.88. The summed E-state index contributed by atoms with van der Waals surface area (Å²) in [5, 5.41) is 2.65. The number of carbonyl (C=O) groups is 3. The monoisotopic (exact) mass is 334 g/mol. The molecule has 0 saturated carbocycles. The zero-order valence-electron chi connectivity index (χ0n) is 13.0. The minimum absolute atomic E-state index is 0.0143. The molecule has 0 bridgehead atoms. The van der Waals surface area contributed by atoms with E-state index in [1.807, 2.05) is 6.92 Å². The maximum Gasteiger partial charge on any atom is 0.335 e. The van der Waals surface area contributed by atoms with Crippen molar-refractivity contribution in [2.75, 3.05) is 11.1 Å². The molecule has 0 aromatic heterocycles. The van der Waals surface area contributed by atoms with Gasteiger partial charge in [0.05, 0.1) is 4.87 Å². The summed E-state index contributed by atoms with van der Waals surface area (Å²) >= 11 is 1.63. The molecule has 0 spiro atoms. The van der Waals surface area contributed by atoms with Gasteiger partial charge in [0.15, 0.2) is 0 Å². The van der Waals surface area contributed by atoms with Gasteiger partial charge in [0.25, 0.3) is 0 Å². The molecular formula is C16H18N2O4S. The van der Waals surface area contributed by atoms with Crippen molar-refractivity contribution in [3.05, 3.63) is 24.3 Å². The summed E-state index contributed by atoms with van der Waals surface area (Å²) in [5.41, 5.74) is 0.635. The Labute approximate surface area is 138 Å². The summed E-state index contributed by atoms with van der Waals surface area (Å²) in [7, 11) is 0. The average molecular weight is 334 g/mol. The normalized spacial score (nSPS) is 26.1. The number of esters is 1. The lowest BCUT2D eigenvalue weighted by molar-refractivity contribution is -0.146. The zero-order chi connectivity index (χ0) is 16.6. The van der Waals surface area contributed by atoms with E-state index in [0.717, 1.165) is 6.42 Å². The molecule has 1 aromatic rings. The summed E-state index contributed by atoms with van der Waals surface area (Å²) in [5.74, 6) is 0.397. The molecule has 2 aliphatic heterocycles. The highest BCUT2D eigenvalue weighted by atomic mass is 32.2. The smallest absolute Gasteiger partial charge is 0.335 e. The van der Waals surface area contributed by atoms with E-state index in [1.54, 1.807) is 40.9 Å². The van der Waals surface area contributed by atoms with Crippen LogP contribution in [0.15, 0.2) is 24.3 Å². The lowest BCUT2D eigenvalue weighted by Gasteiger charge is -2.29. The van der Waals surface area contributed by atoms with Crippen LogP contribution in [0.4, 0.5) is 5.69 Å². The van der Waals surface area contributed by atoms with E-state index in [9.17, 15) is 14.4 Å². The van der Waals surface area contributed by atoms with E-state index in [1.165, 1.54) is 6.92 Å². The number of thioether (sulfide) groups is 1. The molecule has 7 heteroatoms. The Hall–Kier alpha value is -2.02. The number of hydrogen-bond donors (Lipinski definition) is 1. The summed E-state index contributed by atoms with van der Waals surface area (Å²) in [6.07, 6.45) is 1.25. The second-order valence-electron chi connectivity index (χ2n) is 5.89. The van der Waals surface area contributed by atoms with Crippen molar-refractivity contribution in [3.63, 3.8) is 0 Å². The third kappa shape index (κ3) is 3.06. The molecule has 1 aromatic carbocycles. The molecule has 2 heterocycles. The van der Waals surface area contributed by atoms with Crippen molar-refractivity contribution in [1.29, 1.82) is 0 Å². The SMILES string of the molecule is CC(=O)Nc1ccc(OC(=O)C2CSC3(C)CCC(=O)N23)cc1. The molecule has 2 amide bonds. The number of nitrogens with zero attached hydrogens (tertiary/aromatic N) is 1. The maximum atomic E-state index is 12.4. The molecule has 6 nitrogen and oxygen atoms in total. The van der Waals surface area contributed by atoms with E-state index in [-0.39, 0.29) is 16.7 Å². The number of benzene rings is 1. The van der Waals surface area contributed by atoms with Crippen LogP contribution in [0, 0.1) is 0 Å². The van der Waals surface area contributed by atoms with Gasteiger partial charge in [0.1, 0.15) is 11.8 Å². The minimum atomic E-state index is -0.532. The van der Waals surface area contributed by atoms with Crippen molar-refractivity contribution in [3.8, 4) is 5.75 Å². The first-order chi connectivity index (χ1) is 10.9. The average Bonchev–Trinajstić information content (AvgIpc) is 2.98. The summed E-state index contributed by atoms with van der Waals surface area (Å²) < 4.78 is 5.40. The Morgan fingerprint density at radius 1 is 1.35 bits per heavy atom. The van der Waals surface area contributed by atoms with Gasteiger partial charge in [-0.1, -0.05) is 0 Å². The first-order valence-electron chi connectivity index (χ1n) is 7.44. The Kier molecular flexibility index (Phi) is 4.06. The van der Waals surface area contributed by atoms with Gasteiger partial charge in [-0.3, -0.25) is 9.59 Å². The molecule has 23 heavy (non-hydrogen) atoms. The number of anilines is 1. The molecule has 2 fully saturated rings. The third-order valence-electron chi connectivity index (χ3n) is 4.11. The van der Waals surface area contributed by atoms with E-state index in [2.05, 4.69) is 5.32 Å². The van der Waals surface area contributed by atoms with Gasteiger partial charge in [0.2, 0.25) is 11.8 Å². The van der Waals surface area contributed by atoms with Crippen molar-refractivity contribution in [2.45, 2.75) is 37.6 Å². The molecular weight excluding hydrogens is 316 g/mol. The predicted molar refractivity (Wildman–Crippen MR) is 87.1 cm³/mol. The Morgan fingerprint density at radius 2 is 2.04 bits per heavy atom. The number of rotatable bonds is 3. The van der Waals surface area contributed by atoms with E-state index >= 15 is 0 Å². The van der Waals surface area contributed by atoms with E-state index in [0.29, 0.717) is 23.6 Å². The minimum Gasteiger partial charge on any atom is -0.425 e. The zero-order valence-corrected chi connectivity index (χ0v) is 13.8. The number of amides is 2. The van der Waals surface area contributed by atoms with Crippen LogP contribution in [-0.2, 0) is 14.4 Å². The molecule has 0 radical (unpaired) electrons. The van der Waals surface area contributed by atoms with Crippen LogP contribution in [0.25, 0.3) is 0 Å². The van der Waals surface area contributed by atoms with Gasteiger partial charge >= 0.3 is 5.97 Å². The Balaban J connectivity index is 1.67. The molecule has 1 N–H and O–H groups in total. The number of carbonyl (C=O) groups excluding carboxylic acids is 3. The predicted octanol–water partition coefficient (Wildman–Crippen LogP) is 2.00. The van der Waals surface area contributed by atoms with Gasteiger partial charge in [-0.05, 0) is 37.6 Å². The van der Waals surface area contributed by atoms with Gasteiger partial charge in [-0.2, -0.15) is 0 Å². The molecule has 2 saturated heterocycles. The fraction of sp³-hybridized carbons (Fsp3) is 0.438. The number of fused-ring (bicyclic) bond motifs is 1. The quantitative estimate of drug-likeness (QED) is 0.676. The Bertz CT molecular complexity index is 661. The summed E-state index contributed by atoms with van der Waals surface area (Å²) in [6.45, 7) is 3.42. The van der Waals surface area contributed by atoms with Crippen LogP contribution in [0.3, 0.4) is 0 Å². The molecule has 3 rings (SSSR count). The van der Waals surface area contributed by atoms with Crippen LogP contribution in [0.5, 0.6) is 5.75 Å². The van der Waals surface area contributed by atoms with Crippen LogP contribution in [-0.4, -0.2) is 39.3 Å². The topological polar surface area (TPSA) is 75.7 Å². The van der Waals surface area contributed by atoms with Crippen molar-refractivity contribution in [2.24, 2.45) is 0 Å². The largest absolute Gasteiger partial charge is 0.425 e. The number of nitrogens with one attached hydrogen (secondary N) is 1. The molecule has 0 aliphatic carbocycles. The van der Waals surface area contributed by atoms with Gasteiger partial charge in [-0.15, -0.1) is 11.8 Å². The standard InChI is InChI=1S/C16H18N2O4S/c1-10(19)17-11-3-5-12(6-4-11)22-15(21)13-9-23-16(2)8-7-14(20)18(13)16/h3-6,13H,7-9H2,1-2H3,(H,17,19). The lowest BCUT2D eigenvalue weighted by Crippen LogP contribution is -2.47. The van der Waals surface area contributed by atoms with Crippen molar-refractivity contribution >= 4 is 35.2 Å². The molecule has 2 atom stereocenters. The summed E-state index contributed by atoms with van der Waals surface area (Å²) in [6, 6.07) is 6.04. The van der Waals surface area contributed by atoms with Crippen LogP contribution >= 0.6 is 11.8 Å². The van der Waals surface area contributed by atoms with Gasteiger partial charge < -0.3 is 15.0 Å². The molecule has 2 aliphatic rings. The van der Waals surface area contributed by atoms with E-state index < -0.39 is 12.0 Å². The first kappa shape index (κ1) is 15.9. The Morgan fingerprint density at radius 3 is 2.70 bits per heavy atom. The van der Waals surface area contributed by atoms with Gasteiger partial charge in [0, 0.05) is 24.8 Å². The highest BCUT2D eigenvalue weighted by molar-refractivity contribution is 8.01. The summed E-state index contributed by atoms with van der Waals surface area (Å²) in [4.78, 5) is 36.8. The highest BCUT2D eigenvalue weighted by Gasteiger charge is 2.53. The number of ether oxygens (including phenoxy) is 1. The third-order valence-corrected chi connectivity index (χ3v) is 5.62. The number of hydrogen-bond acceptors (Lipinski definition) is 5.